The fourth-order valence-electron chi connectivity index (χ4n) is 2.73. The lowest BCUT2D eigenvalue weighted by Crippen LogP contribution is -2.48. The molecule has 7 nitrogen and oxygen atoms in total. The largest absolute Gasteiger partial charge is 0.484 e. The van der Waals surface area contributed by atoms with E-state index in [1.165, 1.54) is 22.7 Å². The number of hydrogen-bond donors (Lipinski definition) is 0. The van der Waals surface area contributed by atoms with Crippen LogP contribution in [-0.4, -0.2) is 71.0 Å². The molecule has 0 aliphatic carbocycles. The summed E-state index contributed by atoms with van der Waals surface area (Å²) >= 11 is 1.18. The zero-order valence-electron chi connectivity index (χ0n) is 15.4. The van der Waals surface area contributed by atoms with Crippen molar-refractivity contribution in [3.05, 3.63) is 41.8 Å². The lowest BCUT2D eigenvalue weighted by molar-refractivity contribution is -0.134. The standard InChI is InChI=1S/C18H23N3O4S2/c1-19-9-11-21(12-10-19)17(22)14-25-16-7-5-15(6-8-16)20(2)27(23,24)18-4-3-13-26-18/h3-8,13H,9-12,14H2,1-2H3. The van der Waals surface area contributed by atoms with Crippen molar-refractivity contribution in [2.75, 3.05) is 51.2 Å². The molecule has 0 spiro atoms. The Morgan fingerprint density at radius 2 is 1.81 bits per heavy atom. The second kappa shape index (κ2) is 8.28. The summed E-state index contributed by atoms with van der Waals surface area (Å²) in [6.45, 7) is 3.13. The van der Waals surface area contributed by atoms with Crippen molar-refractivity contribution in [1.82, 2.24) is 9.80 Å². The van der Waals surface area contributed by atoms with Crippen LogP contribution >= 0.6 is 11.3 Å². The van der Waals surface area contributed by atoms with Crippen molar-refractivity contribution >= 4 is 33.0 Å². The van der Waals surface area contributed by atoms with E-state index in [1.54, 1.807) is 46.7 Å². The lowest BCUT2D eigenvalue weighted by Gasteiger charge is -2.32. The Morgan fingerprint density at radius 1 is 1.15 bits per heavy atom. The van der Waals surface area contributed by atoms with E-state index in [-0.39, 0.29) is 12.5 Å². The molecule has 0 saturated carbocycles. The van der Waals surface area contributed by atoms with Crippen molar-refractivity contribution < 1.29 is 17.9 Å². The summed E-state index contributed by atoms with van der Waals surface area (Å²) in [4.78, 5) is 16.2. The molecule has 9 heteroatoms. The molecule has 1 aliphatic rings. The van der Waals surface area contributed by atoms with E-state index < -0.39 is 10.0 Å². The Hall–Kier alpha value is -2.10. The Labute approximate surface area is 163 Å². The maximum absolute atomic E-state index is 12.5. The zero-order valence-corrected chi connectivity index (χ0v) is 17.0. The van der Waals surface area contributed by atoms with Gasteiger partial charge in [0.2, 0.25) is 0 Å². The van der Waals surface area contributed by atoms with Crippen LogP contribution in [0.5, 0.6) is 5.75 Å². The number of amides is 1. The van der Waals surface area contributed by atoms with E-state index in [4.69, 9.17) is 4.74 Å². The second-order valence-corrected chi connectivity index (χ2v) is 9.52. The number of benzene rings is 1. The highest BCUT2D eigenvalue weighted by Crippen LogP contribution is 2.26. The van der Waals surface area contributed by atoms with Crippen LogP contribution in [0.1, 0.15) is 0 Å². The first-order valence-electron chi connectivity index (χ1n) is 8.59. The van der Waals surface area contributed by atoms with Gasteiger partial charge in [0.1, 0.15) is 9.96 Å². The Morgan fingerprint density at radius 3 is 2.41 bits per heavy atom. The molecule has 3 rings (SSSR count). The molecule has 2 aromatic rings. The van der Waals surface area contributed by atoms with Crippen LogP contribution in [-0.2, 0) is 14.8 Å². The number of piperazine rings is 1. The molecule has 0 unspecified atom stereocenters. The number of anilines is 1. The minimum atomic E-state index is -3.56. The maximum atomic E-state index is 12.5. The molecule has 1 aromatic heterocycles. The van der Waals surface area contributed by atoms with Crippen molar-refractivity contribution in [1.29, 1.82) is 0 Å². The summed E-state index contributed by atoms with van der Waals surface area (Å²) in [5, 5.41) is 1.73. The first-order valence-corrected chi connectivity index (χ1v) is 10.9. The van der Waals surface area contributed by atoms with E-state index in [9.17, 15) is 13.2 Å². The van der Waals surface area contributed by atoms with Gasteiger partial charge in [-0.25, -0.2) is 8.42 Å². The highest BCUT2D eigenvalue weighted by Gasteiger charge is 2.22. The van der Waals surface area contributed by atoms with Gasteiger partial charge in [-0.3, -0.25) is 9.10 Å². The molecular formula is C18H23N3O4S2. The molecule has 146 valence electrons. The molecule has 1 aliphatic heterocycles. The van der Waals surface area contributed by atoms with E-state index >= 15 is 0 Å². The van der Waals surface area contributed by atoms with Gasteiger partial charge in [0.15, 0.2) is 6.61 Å². The van der Waals surface area contributed by atoms with Crippen LogP contribution in [0.2, 0.25) is 0 Å². The monoisotopic (exact) mass is 409 g/mol. The average molecular weight is 410 g/mol. The molecular weight excluding hydrogens is 386 g/mol. The lowest BCUT2D eigenvalue weighted by atomic mass is 10.3. The number of carbonyl (C=O) groups is 1. The van der Waals surface area contributed by atoms with Crippen LogP contribution in [0.25, 0.3) is 0 Å². The van der Waals surface area contributed by atoms with E-state index in [2.05, 4.69) is 4.90 Å². The van der Waals surface area contributed by atoms with Gasteiger partial charge < -0.3 is 14.5 Å². The van der Waals surface area contributed by atoms with E-state index in [0.29, 0.717) is 28.7 Å². The first kappa shape index (κ1) is 19.7. The number of rotatable bonds is 6. The molecule has 1 saturated heterocycles. The minimum Gasteiger partial charge on any atom is -0.484 e. The Kier molecular flexibility index (Phi) is 6.03. The molecule has 27 heavy (non-hydrogen) atoms. The summed E-state index contributed by atoms with van der Waals surface area (Å²) < 4.78 is 32.2. The molecule has 0 radical (unpaired) electrons. The van der Waals surface area contributed by atoms with Crippen LogP contribution in [0.15, 0.2) is 46.0 Å². The summed E-state index contributed by atoms with van der Waals surface area (Å²) in [5.41, 5.74) is 0.529. The van der Waals surface area contributed by atoms with Gasteiger partial charge in [-0.1, -0.05) is 6.07 Å². The van der Waals surface area contributed by atoms with Crippen LogP contribution in [0, 0.1) is 0 Å². The van der Waals surface area contributed by atoms with Gasteiger partial charge in [0.05, 0.1) is 5.69 Å². The van der Waals surface area contributed by atoms with E-state index in [1.807, 2.05) is 7.05 Å². The van der Waals surface area contributed by atoms with E-state index in [0.717, 1.165) is 13.1 Å². The van der Waals surface area contributed by atoms with Crippen molar-refractivity contribution in [3.63, 3.8) is 0 Å². The third-order valence-corrected chi connectivity index (χ3v) is 7.69. The predicted molar refractivity (Wildman–Crippen MR) is 106 cm³/mol. The smallest absolute Gasteiger partial charge is 0.273 e. The molecule has 1 amide bonds. The normalized spacial score (nSPS) is 15.6. The quantitative estimate of drug-likeness (QED) is 0.727. The third kappa shape index (κ3) is 4.60. The molecule has 0 N–H and O–H groups in total. The Balaban J connectivity index is 1.58. The van der Waals surface area contributed by atoms with Crippen molar-refractivity contribution in [3.8, 4) is 5.75 Å². The average Bonchev–Trinajstić information content (AvgIpc) is 3.22. The second-order valence-electron chi connectivity index (χ2n) is 6.37. The molecule has 0 atom stereocenters. The van der Waals surface area contributed by atoms with Crippen molar-refractivity contribution in [2.24, 2.45) is 0 Å². The fourth-order valence-corrected chi connectivity index (χ4v) is 5.09. The van der Waals surface area contributed by atoms with Gasteiger partial charge in [0, 0.05) is 33.2 Å². The molecule has 2 heterocycles. The zero-order chi connectivity index (χ0) is 19.4. The molecule has 0 bridgehead atoms. The van der Waals surface area contributed by atoms with Gasteiger partial charge in [-0.15, -0.1) is 11.3 Å². The number of nitrogens with zero attached hydrogens (tertiary/aromatic N) is 3. The molecule has 1 aromatic carbocycles. The van der Waals surface area contributed by atoms with Gasteiger partial charge in [-0.05, 0) is 42.8 Å². The summed E-state index contributed by atoms with van der Waals surface area (Å²) in [5.74, 6) is 0.493. The summed E-state index contributed by atoms with van der Waals surface area (Å²) in [6.07, 6.45) is 0. The number of carbonyl (C=O) groups excluding carboxylic acids is 1. The maximum Gasteiger partial charge on any atom is 0.273 e. The van der Waals surface area contributed by atoms with Gasteiger partial charge in [-0.2, -0.15) is 0 Å². The van der Waals surface area contributed by atoms with Gasteiger partial charge in [0.25, 0.3) is 15.9 Å². The number of sulfonamides is 1. The predicted octanol–water partition coefficient (Wildman–Crippen LogP) is 1.73. The highest BCUT2D eigenvalue weighted by atomic mass is 32.2. The number of ether oxygens (including phenoxy) is 1. The number of hydrogen-bond acceptors (Lipinski definition) is 6. The topological polar surface area (TPSA) is 70.2 Å². The van der Waals surface area contributed by atoms with Crippen LogP contribution < -0.4 is 9.04 Å². The SMILES string of the molecule is CN1CCN(C(=O)COc2ccc(N(C)S(=O)(=O)c3cccs3)cc2)CC1. The first-order chi connectivity index (χ1) is 12.9. The third-order valence-electron chi connectivity index (χ3n) is 4.53. The number of thiophene rings is 1. The Bertz CT molecular complexity index is 859. The minimum absolute atomic E-state index is 0.0214. The summed E-state index contributed by atoms with van der Waals surface area (Å²) in [6, 6.07) is 9.97. The fraction of sp³-hybridized carbons (Fsp3) is 0.389. The summed E-state index contributed by atoms with van der Waals surface area (Å²) in [7, 11) is -0.00710. The highest BCUT2D eigenvalue weighted by molar-refractivity contribution is 7.94. The number of likely N-dealkylation sites (N-methyl/N-ethyl adjacent to an activating group) is 1. The molecule has 1 fully saturated rings. The van der Waals surface area contributed by atoms with Crippen LogP contribution in [0.3, 0.4) is 0 Å². The van der Waals surface area contributed by atoms with Crippen LogP contribution in [0.4, 0.5) is 5.69 Å². The van der Waals surface area contributed by atoms with Crippen molar-refractivity contribution in [2.45, 2.75) is 4.21 Å². The van der Waals surface area contributed by atoms with Gasteiger partial charge >= 0.3 is 0 Å².